The average Bonchev–Trinajstić information content (AvgIpc) is 2.82. The Balaban J connectivity index is 1.91. The number of nitrogens with two attached hydrogens (primary N) is 1. The normalized spacial score (nSPS) is 29.9. The highest BCUT2D eigenvalue weighted by Crippen LogP contribution is 2.41. The summed E-state index contributed by atoms with van der Waals surface area (Å²) < 4.78 is 0. The van der Waals surface area contributed by atoms with Gasteiger partial charge in [0.1, 0.15) is 0 Å². The fourth-order valence-corrected chi connectivity index (χ4v) is 3.42. The van der Waals surface area contributed by atoms with E-state index in [1.165, 1.54) is 0 Å². The second-order valence-corrected chi connectivity index (χ2v) is 6.09. The van der Waals surface area contributed by atoms with Crippen molar-refractivity contribution >= 4 is 11.9 Å². The number of hydrogen-bond donors (Lipinski definition) is 3. The zero-order valence-electron chi connectivity index (χ0n) is 11.4. The maximum absolute atomic E-state index is 12.1. The molecular weight excluding hydrogens is 244 g/mol. The van der Waals surface area contributed by atoms with Crippen molar-refractivity contribution in [3.63, 3.8) is 0 Å². The molecule has 19 heavy (non-hydrogen) atoms. The number of nitrogens with one attached hydrogen (secondary N) is 1. The third-order valence-electron chi connectivity index (χ3n) is 4.68. The van der Waals surface area contributed by atoms with Gasteiger partial charge < -0.3 is 16.2 Å². The van der Waals surface area contributed by atoms with Crippen LogP contribution in [0.1, 0.15) is 57.8 Å². The summed E-state index contributed by atoms with van der Waals surface area (Å²) in [5, 5.41) is 12.3. The molecule has 0 heterocycles. The van der Waals surface area contributed by atoms with E-state index < -0.39 is 11.4 Å². The van der Waals surface area contributed by atoms with E-state index in [1.54, 1.807) is 0 Å². The van der Waals surface area contributed by atoms with Crippen LogP contribution in [0, 0.1) is 5.41 Å². The smallest absolute Gasteiger partial charge is 0.310 e. The number of aliphatic carboxylic acids is 1. The van der Waals surface area contributed by atoms with Gasteiger partial charge in [0.15, 0.2) is 0 Å². The minimum atomic E-state index is -0.831. The summed E-state index contributed by atoms with van der Waals surface area (Å²) >= 11 is 0. The van der Waals surface area contributed by atoms with Gasteiger partial charge in [0.05, 0.1) is 5.41 Å². The van der Waals surface area contributed by atoms with Crippen molar-refractivity contribution < 1.29 is 14.7 Å². The molecule has 0 spiro atoms. The molecule has 0 saturated heterocycles. The van der Waals surface area contributed by atoms with Gasteiger partial charge >= 0.3 is 5.97 Å². The first-order valence-corrected chi connectivity index (χ1v) is 7.32. The zero-order valence-corrected chi connectivity index (χ0v) is 11.4. The van der Waals surface area contributed by atoms with E-state index in [9.17, 15) is 14.7 Å². The van der Waals surface area contributed by atoms with Crippen LogP contribution in [0.3, 0.4) is 0 Å². The molecule has 5 nitrogen and oxygen atoms in total. The maximum Gasteiger partial charge on any atom is 0.310 e. The van der Waals surface area contributed by atoms with Gasteiger partial charge in [0.2, 0.25) is 5.91 Å². The Morgan fingerprint density at radius 2 is 1.79 bits per heavy atom. The molecule has 4 N–H and O–H groups in total. The molecule has 2 aliphatic carbocycles. The third kappa shape index (κ3) is 3.26. The molecule has 5 heteroatoms. The van der Waals surface area contributed by atoms with Crippen LogP contribution in [0.15, 0.2) is 0 Å². The van der Waals surface area contributed by atoms with E-state index in [1.807, 2.05) is 0 Å². The molecule has 0 aromatic rings. The summed E-state index contributed by atoms with van der Waals surface area (Å²) in [4.78, 5) is 23.5. The van der Waals surface area contributed by atoms with Crippen molar-refractivity contribution in [3.05, 3.63) is 0 Å². The van der Waals surface area contributed by atoms with Crippen molar-refractivity contribution in [2.75, 3.05) is 0 Å². The van der Waals surface area contributed by atoms with Crippen LogP contribution in [0.4, 0.5) is 0 Å². The Morgan fingerprint density at radius 3 is 2.37 bits per heavy atom. The molecule has 2 saturated carbocycles. The molecular formula is C14H24N2O3. The summed E-state index contributed by atoms with van der Waals surface area (Å²) in [5.41, 5.74) is 5.17. The molecule has 2 fully saturated rings. The lowest BCUT2D eigenvalue weighted by molar-refractivity contribution is -0.151. The molecule has 2 atom stereocenters. The molecule has 2 rings (SSSR count). The summed E-state index contributed by atoms with van der Waals surface area (Å²) in [7, 11) is 0. The number of rotatable bonds is 4. The molecule has 2 unspecified atom stereocenters. The predicted molar refractivity (Wildman–Crippen MR) is 71.5 cm³/mol. The quantitative estimate of drug-likeness (QED) is 0.718. The summed E-state index contributed by atoms with van der Waals surface area (Å²) in [6.07, 6.45) is 7.20. The molecule has 2 aliphatic rings. The van der Waals surface area contributed by atoms with E-state index in [-0.39, 0.29) is 24.4 Å². The minimum Gasteiger partial charge on any atom is -0.481 e. The summed E-state index contributed by atoms with van der Waals surface area (Å²) in [6, 6.07) is 0.0376. The Kier molecular flexibility index (Phi) is 4.45. The standard InChI is InChI=1S/C14H24N2O3/c15-10-5-1-2-6-11(10)16-12(17)9-14(13(18)19)7-3-4-8-14/h10-11H,1-9,15H2,(H,16,17)(H,18,19). The van der Waals surface area contributed by atoms with Crippen LogP contribution in [0.25, 0.3) is 0 Å². The van der Waals surface area contributed by atoms with Crippen molar-refractivity contribution in [3.8, 4) is 0 Å². The zero-order chi connectivity index (χ0) is 13.9. The summed E-state index contributed by atoms with van der Waals surface area (Å²) in [6.45, 7) is 0. The van der Waals surface area contributed by atoms with Gasteiger partial charge in [-0.25, -0.2) is 0 Å². The Bertz CT molecular complexity index is 351. The molecule has 0 aliphatic heterocycles. The first-order valence-electron chi connectivity index (χ1n) is 7.32. The summed E-state index contributed by atoms with van der Waals surface area (Å²) in [5.74, 6) is -0.972. The first-order chi connectivity index (χ1) is 9.03. The van der Waals surface area contributed by atoms with Crippen LogP contribution in [0.2, 0.25) is 0 Å². The minimum absolute atomic E-state index is 0.0158. The van der Waals surface area contributed by atoms with Gasteiger partial charge in [-0.05, 0) is 25.7 Å². The van der Waals surface area contributed by atoms with Crippen LogP contribution in [-0.2, 0) is 9.59 Å². The van der Waals surface area contributed by atoms with Crippen molar-refractivity contribution in [2.24, 2.45) is 11.1 Å². The Hall–Kier alpha value is -1.10. The van der Waals surface area contributed by atoms with E-state index in [0.717, 1.165) is 38.5 Å². The van der Waals surface area contributed by atoms with E-state index >= 15 is 0 Å². The number of carboxylic acid groups (broad SMARTS) is 1. The maximum atomic E-state index is 12.1. The van der Waals surface area contributed by atoms with Gasteiger partial charge in [0.25, 0.3) is 0 Å². The van der Waals surface area contributed by atoms with Crippen molar-refractivity contribution in [1.29, 1.82) is 0 Å². The monoisotopic (exact) mass is 268 g/mol. The number of carbonyl (C=O) groups excluding carboxylic acids is 1. The molecule has 108 valence electrons. The largest absolute Gasteiger partial charge is 0.481 e. The molecule has 1 amide bonds. The second kappa shape index (κ2) is 5.90. The highest BCUT2D eigenvalue weighted by molar-refractivity contribution is 5.85. The van der Waals surface area contributed by atoms with Crippen LogP contribution in [-0.4, -0.2) is 29.1 Å². The molecule has 0 aromatic heterocycles. The molecule has 0 radical (unpaired) electrons. The number of carbonyl (C=O) groups is 2. The number of carboxylic acids is 1. The van der Waals surface area contributed by atoms with Gasteiger partial charge in [0, 0.05) is 18.5 Å². The van der Waals surface area contributed by atoms with Gasteiger partial charge in [-0.2, -0.15) is 0 Å². The highest BCUT2D eigenvalue weighted by Gasteiger charge is 2.43. The SMILES string of the molecule is NC1CCCCC1NC(=O)CC1(C(=O)O)CCCC1. The fourth-order valence-electron chi connectivity index (χ4n) is 3.42. The molecule has 0 aromatic carbocycles. The van der Waals surface area contributed by atoms with E-state index in [2.05, 4.69) is 5.32 Å². The fraction of sp³-hybridized carbons (Fsp3) is 0.857. The first kappa shape index (κ1) is 14.3. The highest BCUT2D eigenvalue weighted by atomic mass is 16.4. The predicted octanol–water partition coefficient (Wildman–Crippen LogP) is 1.41. The van der Waals surface area contributed by atoms with E-state index in [4.69, 9.17) is 5.73 Å². The number of amides is 1. The lowest BCUT2D eigenvalue weighted by Gasteiger charge is -2.31. The number of hydrogen-bond acceptors (Lipinski definition) is 3. The van der Waals surface area contributed by atoms with Gasteiger partial charge in [-0.3, -0.25) is 9.59 Å². The topological polar surface area (TPSA) is 92.4 Å². The third-order valence-corrected chi connectivity index (χ3v) is 4.68. The van der Waals surface area contributed by atoms with Crippen LogP contribution in [0.5, 0.6) is 0 Å². The van der Waals surface area contributed by atoms with Crippen molar-refractivity contribution in [2.45, 2.75) is 69.9 Å². The lowest BCUT2D eigenvalue weighted by atomic mass is 9.82. The Morgan fingerprint density at radius 1 is 1.16 bits per heavy atom. The van der Waals surface area contributed by atoms with Gasteiger partial charge in [-0.15, -0.1) is 0 Å². The lowest BCUT2D eigenvalue weighted by Crippen LogP contribution is -2.50. The Labute approximate surface area is 113 Å². The van der Waals surface area contributed by atoms with Gasteiger partial charge in [-0.1, -0.05) is 25.7 Å². The molecule has 0 bridgehead atoms. The van der Waals surface area contributed by atoms with Crippen LogP contribution < -0.4 is 11.1 Å². The average molecular weight is 268 g/mol. The van der Waals surface area contributed by atoms with E-state index in [0.29, 0.717) is 12.8 Å². The second-order valence-electron chi connectivity index (χ2n) is 6.09. The van der Waals surface area contributed by atoms with Crippen LogP contribution >= 0.6 is 0 Å². The van der Waals surface area contributed by atoms with Crippen molar-refractivity contribution in [1.82, 2.24) is 5.32 Å².